The number of aliphatic imine (C=N–C) groups is 1. The Morgan fingerprint density at radius 1 is 1.33 bits per heavy atom. The molecule has 0 aliphatic rings. The molecule has 0 aromatic carbocycles. The molecule has 134 valence electrons. The van der Waals surface area contributed by atoms with Crippen molar-refractivity contribution >= 4 is 41.3 Å². The number of nitrogens with zero attached hydrogens (tertiary/aromatic N) is 5. The Kier molecular flexibility index (Phi) is 8.07. The van der Waals surface area contributed by atoms with Crippen LogP contribution in [0.1, 0.15) is 44.2 Å². The van der Waals surface area contributed by atoms with Crippen LogP contribution in [0, 0.1) is 0 Å². The molecule has 0 aliphatic heterocycles. The van der Waals surface area contributed by atoms with E-state index in [-0.39, 0.29) is 29.4 Å². The predicted molar refractivity (Wildman–Crippen MR) is 109 cm³/mol. The third kappa shape index (κ3) is 6.00. The van der Waals surface area contributed by atoms with E-state index in [0.717, 1.165) is 29.0 Å². The summed E-state index contributed by atoms with van der Waals surface area (Å²) in [7, 11) is 1.86. The van der Waals surface area contributed by atoms with Crippen LogP contribution in [0.15, 0.2) is 16.7 Å². The molecule has 9 heteroatoms. The van der Waals surface area contributed by atoms with Crippen LogP contribution in [-0.4, -0.2) is 32.3 Å². The Balaban J connectivity index is 0.00000288. The molecule has 0 saturated heterocycles. The minimum absolute atomic E-state index is 0. The molecule has 2 aromatic heterocycles. The summed E-state index contributed by atoms with van der Waals surface area (Å²) in [4.78, 5) is 13.4. The highest BCUT2D eigenvalue weighted by atomic mass is 127. The first-order chi connectivity index (χ1) is 10.9. The summed E-state index contributed by atoms with van der Waals surface area (Å²) < 4.78 is 1.73. The number of halogens is 1. The highest BCUT2D eigenvalue weighted by molar-refractivity contribution is 14.0. The number of hydrogen-bond acceptors (Lipinski definition) is 5. The highest BCUT2D eigenvalue weighted by Crippen LogP contribution is 2.23. The third-order valence-corrected chi connectivity index (χ3v) is 4.10. The Morgan fingerprint density at radius 2 is 2.08 bits per heavy atom. The van der Waals surface area contributed by atoms with Gasteiger partial charge in [-0.15, -0.1) is 35.3 Å². The molecule has 0 spiro atoms. The zero-order chi connectivity index (χ0) is 16.9. The lowest BCUT2D eigenvalue weighted by Gasteiger charge is -2.14. The van der Waals surface area contributed by atoms with E-state index < -0.39 is 0 Å². The quantitative estimate of drug-likeness (QED) is 0.405. The normalized spacial score (nSPS) is 12.0. The molecule has 2 rings (SSSR count). The van der Waals surface area contributed by atoms with Gasteiger partial charge in [0.2, 0.25) is 0 Å². The van der Waals surface area contributed by atoms with E-state index in [1.807, 2.05) is 14.0 Å². The second-order valence-corrected chi connectivity index (χ2v) is 7.17. The van der Waals surface area contributed by atoms with Gasteiger partial charge in [0.1, 0.15) is 23.7 Å². The number of guanidine groups is 1. The van der Waals surface area contributed by atoms with Gasteiger partial charge in [-0.05, 0) is 6.92 Å². The van der Waals surface area contributed by atoms with Crippen molar-refractivity contribution < 1.29 is 0 Å². The van der Waals surface area contributed by atoms with Crippen LogP contribution in [0.25, 0.3) is 0 Å². The van der Waals surface area contributed by atoms with Gasteiger partial charge in [-0.25, -0.2) is 15.0 Å². The zero-order valence-electron chi connectivity index (χ0n) is 14.8. The van der Waals surface area contributed by atoms with Gasteiger partial charge in [0, 0.05) is 24.4 Å². The number of thiazole rings is 1. The van der Waals surface area contributed by atoms with Crippen molar-refractivity contribution in [2.45, 2.75) is 46.2 Å². The number of hydrogen-bond donors (Lipinski definition) is 2. The van der Waals surface area contributed by atoms with E-state index >= 15 is 0 Å². The van der Waals surface area contributed by atoms with Gasteiger partial charge >= 0.3 is 0 Å². The molecule has 7 nitrogen and oxygen atoms in total. The lowest BCUT2D eigenvalue weighted by atomic mass is 9.93. The molecular formula is C15H26IN7S. The largest absolute Gasteiger partial charge is 0.357 e. The average Bonchev–Trinajstić information content (AvgIpc) is 3.10. The van der Waals surface area contributed by atoms with Crippen molar-refractivity contribution in [1.29, 1.82) is 0 Å². The van der Waals surface area contributed by atoms with Gasteiger partial charge in [-0.3, -0.25) is 4.68 Å². The number of aryl methyl sites for hydroxylation is 1. The number of rotatable bonds is 5. The van der Waals surface area contributed by atoms with Crippen molar-refractivity contribution in [3.63, 3.8) is 0 Å². The van der Waals surface area contributed by atoms with Crippen LogP contribution in [0.2, 0.25) is 0 Å². The van der Waals surface area contributed by atoms with Gasteiger partial charge in [-0.2, -0.15) is 5.10 Å². The smallest absolute Gasteiger partial charge is 0.192 e. The molecule has 0 atom stereocenters. The molecule has 2 aromatic rings. The van der Waals surface area contributed by atoms with E-state index in [1.54, 1.807) is 16.0 Å². The molecule has 0 bridgehead atoms. The molecule has 0 saturated carbocycles. The first-order valence-electron chi connectivity index (χ1n) is 7.70. The first kappa shape index (κ1) is 20.8. The fraction of sp³-hybridized carbons (Fsp3) is 0.600. The van der Waals surface area contributed by atoms with Crippen molar-refractivity contribution in [3.8, 4) is 0 Å². The number of nitrogens with one attached hydrogen (secondary N) is 2. The van der Waals surface area contributed by atoms with Gasteiger partial charge in [0.15, 0.2) is 5.96 Å². The van der Waals surface area contributed by atoms with E-state index in [2.05, 4.69) is 56.8 Å². The van der Waals surface area contributed by atoms with Crippen molar-refractivity contribution in [2.75, 3.05) is 6.54 Å². The fourth-order valence-electron chi connectivity index (χ4n) is 1.85. The molecule has 2 N–H and O–H groups in total. The highest BCUT2D eigenvalue weighted by Gasteiger charge is 2.17. The topological polar surface area (TPSA) is 80.0 Å². The summed E-state index contributed by atoms with van der Waals surface area (Å²) in [5.74, 6) is 1.58. The monoisotopic (exact) mass is 463 g/mol. The van der Waals surface area contributed by atoms with Crippen LogP contribution in [0.5, 0.6) is 0 Å². The van der Waals surface area contributed by atoms with Crippen LogP contribution in [-0.2, 0) is 25.6 Å². The van der Waals surface area contributed by atoms with Crippen molar-refractivity contribution in [2.24, 2.45) is 12.0 Å². The minimum Gasteiger partial charge on any atom is -0.357 e. The summed E-state index contributed by atoms with van der Waals surface area (Å²) in [6.45, 7) is 10.5. The van der Waals surface area contributed by atoms with Crippen molar-refractivity contribution in [1.82, 2.24) is 30.4 Å². The SMILES string of the molecule is CCNC(=NCc1ncnn1C)NCc1nc(C(C)(C)C)cs1.I. The Hall–Kier alpha value is -1.23. The molecule has 0 aliphatic carbocycles. The fourth-order valence-corrected chi connectivity index (χ4v) is 2.81. The number of aromatic nitrogens is 4. The zero-order valence-corrected chi connectivity index (χ0v) is 18.0. The lowest BCUT2D eigenvalue weighted by molar-refractivity contribution is 0.570. The summed E-state index contributed by atoms with van der Waals surface area (Å²) in [5.41, 5.74) is 1.21. The predicted octanol–water partition coefficient (Wildman–Crippen LogP) is 2.44. The summed E-state index contributed by atoms with van der Waals surface area (Å²) >= 11 is 1.67. The minimum atomic E-state index is 0. The molecule has 2 heterocycles. The summed E-state index contributed by atoms with van der Waals surface area (Å²) in [6.07, 6.45) is 1.54. The Bertz CT molecular complexity index is 657. The van der Waals surface area contributed by atoms with Crippen LogP contribution in [0.3, 0.4) is 0 Å². The van der Waals surface area contributed by atoms with E-state index in [9.17, 15) is 0 Å². The summed E-state index contributed by atoms with van der Waals surface area (Å²) in [6, 6.07) is 0. The van der Waals surface area contributed by atoms with Crippen molar-refractivity contribution in [3.05, 3.63) is 28.2 Å². The maximum atomic E-state index is 4.68. The average molecular weight is 463 g/mol. The molecule has 24 heavy (non-hydrogen) atoms. The maximum Gasteiger partial charge on any atom is 0.192 e. The van der Waals surface area contributed by atoms with Gasteiger partial charge in [0.25, 0.3) is 0 Å². The lowest BCUT2D eigenvalue weighted by Crippen LogP contribution is -2.36. The third-order valence-electron chi connectivity index (χ3n) is 3.26. The molecule has 0 fully saturated rings. The first-order valence-corrected chi connectivity index (χ1v) is 8.58. The van der Waals surface area contributed by atoms with Crippen LogP contribution < -0.4 is 10.6 Å². The van der Waals surface area contributed by atoms with Crippen LogP contribution in [0.4, 0.5) is 0 Å². The molecule has 0 unspecified atom stereocenters. The summed E-state index contributed by atoms with van der Waals surface area (Å²) in [5, 5.41) is 13.8. The second-order valence-electron chi connectivity index (χ2n) is 6.23. The van der Waals surface area contributed by atoms with Crippen LogP contribution >= 0.6 is 35.3 Å². The standard InChI is InChI=1S/C15H25N7S.HI/c1-6-16-14(17-7-12-19-10-20-22(12)5)18-8-13-21-11(9-23-13)15(2,3)4;/h9-10H,6-8H2,1-5H3,(H2,16,17,18);1H. The van der Waals surface area contributed by atoms with Gasteiger partial charge in [0.05, 0.1) is 12.2 Å². The molecular weight excluding hydrogens is 437 g/mol. The Labute approximate surface area is 164 Å². The van der Waals surface area contributed by atoms with E-state index in [1.165, 1.54) is 6.33 Å². The van der Waals surface area contributed by atoms with E-state index in [0.29, 0.717) is 13.1 Å². The Morgan fingerprint density at radius 3 is 2.62 bits per heavy atom. The maximum absolute atomic E-state index is 4.68. The second kappa shape index (κ2) is 9.30. The molecule has 0 radical (unpaired) electrons. The van der Waals surface area contributed by atoms with Gasteiger partial charge in [-0.1, -0.05) is 20.8 Å². The van der Waals surface area contributed by atoms with Gasteiger partial charge < -0.3 is 10.6 Å². The van der Waals surface area contributed by atoms with E-state index in [4.69, 9.17) is 0 Å². The molecule has 0 amide bonds.